The Morgan fingerprint density at radius 1 is 1.07 bits per heavy atom. The maximum Gasteiger partial charge on any atom is 0.267 e. The normalized spacial score (nSPS) is 14.6. The highest BCUT2D eigenvalue weighted by Crippen LogP contribution is 2.26. The summed E-state index contributed by atoms with van der Waals surface area (Å²) < 4.78 is 0. The number of para-hydroxylation sites is 1. The van der Waals surface area contributed by atoms with Crippen molar-refractivity contribution in [2.45, 2.75) is 0 Å². The van der Waals surface area contributed by atoms with Crippen molar-refractivity contribution in [2.75, 3.05) is 36.4 Å². The molecule has 1 N–H and O–H groups in total. The minimum atomic E-state index is -0.507. The lowest BCUT2D eigenvalue weighted by molar-refractivity contribution is -0.112. The number of rotatable bonds is 4. The van der Waals surface area contributed by atoms with E-state index in [1.807, 2.05) is 29.2 Å². The molecule has 2 aromatic rings. The largest absolute Gasteiger partial charge is 0.373 e. The van der Waals surface area contributed by atoms with E-state index in [4.69, 9.17) is 23.2 Å². The number of anilines is 2. The summed E-state index contributed by atoms with van der Waals surface area (Å²) in [4.78, 5) is 16.7. The molecule has 3 rings (SSSR count). The van der Waals surface area contributed by atoms with Crippen LogP contribution in [0, 0.1) is 11.3 Å². The van der Waals surface area contributed by atoms with Gasteiger partial charge >= 0.3 is 0 Å². The Morgan fingerprint density at radius 3 is 2.44 bits per heavy atom. The number of carbonyl (C=O) groups excluding carboxylic acids is 1. The van der Waals surface area contributed by atoms with Crippen molar-refractivity contribution in [3.63, 3.8) is 0 Å². The van der Waals surface area contributed by atoms with E-state index in [2.05, 4.69) is 22.3 Å². The van der Waals surface area contributed by atoms with Gasteiger partial charge in [0, 0.05) is 43.1 Å². The summed E-state index contributed by atoms with van der Waals surface area (Å²) in [6, 6.07) is 16.9. The van der Waals surface area contributed by atoms with Crippen LogP contribution in [0.15, 0.2) is 60.3 Å². The SMILES string of the molecule is N#C/C(=C/N1CCN(c2ccccc2)CC1)C(=O)Nc1cc(Cl)ccc1Cl. The Labute approximate surface area is 168 Å². The molecule has 1 fully saturated rings. The molecule has 1 saturated heterocycles. The summed E-state index contributed by atoms with van der Waals surface area (Å²) in [7, 11) is 0. The molecule has 138 valence electrons. The number of carbonyl (C=O) groups is 1. The fourth-order valence-corrected chi connectivity index (χ4v) is 3.19. The zero-order valence-electron chi connectivity index (χ0n) is 14.5. The van der Waals surface area contributed by atoms with Crippen LogP contribution in [0.1, 0.15) is 0 Å². The molecule has 2 aromatic carbocycles. The molecular formula is C20H18Cl2N4O. The van der Waals surface area contributed by atoms with E-state index in [9.17, 15) is 10.1 Å². The molecule has 0 bridgehead atoms. The van der Waals surface area contributed by atoms with Crippen molar-refractivity contribution in [3.05, 3.63) is 70.3 Å². The standard InChI is InChI=1S/C20H18Cl2N4O/c21-16-6-7-18(22)19(12-16)24-20(27)15(13-23)14-25-8-10-26(11-9-25)17-4-2-1-3-5-17/h1-7,12,14H,8-11H2,(H,24,27)/b15-14-. The third kappa shape index (κ3) is 4.94. The van der Waals surface area contributed by atoms with E-state index in [0.29, 0.717) is 15.7 Å². The van der Waals surface area contributed by atoms with Crippen LogP contribution in [-0.2, 0) is 4.79 Å². The average Bonchev–Trinajstić information content (AvgIpc) is 2.70. The molecule has 1 aliphatic rings. The molecule has 1 aliphatic heterocycles. The number of nitrogens with one attached hydrogen (secondary N) is 1. The highest BCUT2D eigenvalue weighted by Gasteiger charge is 2.18. The zero-order chi connectivity index (χ0) is 19.2. The van der Waals surface area contributed by atoms with Gasteiger partial charge in [0.15, 0.2) is 0 Å². The number of nitrogens with zero attached hydrogens (tertiary/aromatic N) is 3. The molecule has 0 unspecified atom stereocenters. The molecule has 1 heterocycles. The minimum absolute atomic E-state index is 0.0270. The van der Waals surface area contributed by atoms with E-state index < -0.39 is 5.91 Å². The Kier molecular flexibility index (Phi) is 6.23. The first-order valence-corrected chi connectivity index (χ1v) is 9.25. The second kappa shape index (κ2) is 8.81. The van der Waals surface area contributed by atoms with Crippen LogP contribution in [0.3, 0.4) is 0 Å². The van der Waals surface area contributed by atoms with E-state index in [1.54, 1.807) is 24.4 Å². The van der Waals surface area contributed by atoms with Gasteiger partial charge in [-0.3, -0.25) is 4.79 Å². The Bertz CT molecular complexity index is 885. The number of amides is 1. The predicted octanol–water partition coefficient (Wildman–Crippen LogP) is 4.16. The summed E-state index contributed by atoms with van der Waals surface area (Å²) in [5.74, 6) is -0.507. The predicted molar refractivity (Wildman–Crippen MR) is 109 cm³/mol. The first kappa shape index (κ1) is 19.1. The number of benzene rings is 2. The maximum absolute atomic E-state index is 12.4. The smallest absolute Gasteiger partial charge is 0.267 e. The minimum Gasteiger partial charge on any atom is -0.373 e. The van der Waals surface area contributed by atoms with Gasteiger partial charge < -0.3 is 15.1 Å². The van der Waals surface area contributed by atoms with Gasteiger partial charge in [-0.05, 0) is 30.3 Å². The third-order valence-corrected chi connectivity index (χ3v) is 4.85. The second-order valence-electron chi connectivity index (χ2n) is 6.09. The Balaban J connectivity index is 1.64. The van der Waals surface area contributed by atoms with Gasteiger partial charge in [0.2, 0.25) is 0 Å². The van der Waals surface area contributed by atoms with Crippen molar-refractivity contribution >= 4 is 40.5 Å². The maximum atomic E-state index is 12.4. The molecule has 0 saturated carbocycles. The molecular weight excluding hydrogens is 383 g/mol. The third-order valence-electron chi connectivity index (χ3n) is 4.29. The lowest BCUT2D eigenvalue weighted by Crippen LogP contribution is -2.44. The van der Waals surface area contributed by atoms with Crippen molar-refractivity contribution in [3.8, 4) is 6.07 Å². The highest BCUT2D eigenvalue weighted by atomic mass is 35.5. The molecule has 0 aromatic heterocycles. The van der Waals surface area contributed by atoms with Crippen LogP contribution < -0.4 is 10.2 Å². The first-order chi connectivity index (χ1) is 13.1. The van der Waals surface area contributed by atoms with Crippen LogP contribution in [0.2, 0.25) is 10.0 Å². The average molecular weight is 401 g/mol. The second-order valence-corrected chi connectivity index (χ2v) is 6.94. The summed E-state index contributed by atoms with van der Waals surface area (Å²) >= 11 is 12.0. The van der Waals surface area contributed by atoms with Gasteiger partial charge in [-0.2, -0.15) is 5.26 Å². The van der Waals surface area contributed by atoms with Crippen molar-refractivity contribution < 1.29 is 4.79 Å². The fraction of sp³-hybridized carbons (Fsp3) is 0.200. The molecule has 27 heavy (non-hydrogen) atoms. The van der Waals surface area contributed by atoms with Gasteiger partial charge in [0.05, 0.1) is 10.7 Å². The highest BCUT2D eigenvalue weighted by molar-refractivity contribution is 6.35. The van der Waals surface area contributed by atoms with Crippen LogP contribution in [-0.4, -0.2) is 37.0 Å². The van der Waals surface area contributed by atoms with E-state index in [0.717, 1.165) is 26.2 Å². The molecule has 0 aliphatic carbocycles. The van der Waals surface area contributed by atoms with Gasteiger partial charge in [0.1, 0.15) is 11.6 Å². The van der Waals surface area contributed by atoms with Crippen LogP contribution in [0.25, 0.3) is 0 Å². The van der Waals surface area contributed by atoms with Crippen molar-refractivity contribution in [1.29, 1.82) is 5.26 Å². The van der Waals surface area contributed by atoms with Gasteiger partial charge in [-0.15, -0.1) is 0 Å². The topological polar surface area (TPSA) is 59.4 Å². The Morgan fingerprint density at radius 2 is 1.78 bits per heavy atom. The lowest BCUT2D eigenvalue weighted by Gasteiger charge is -2.35. The molecule has 0 radical (unpaired) electrons. The number of nitriles is 1. The quantitative estimate of drug-likeness (QED) is 0.618. The number of hydrogen-bond donors (Lipinski definition) is 1. The van der Waals surface area contributed by atoms with E-state index in [-0.39, 0.29) is 5.57 Å². The summed E-state index contributed by atoms with van der Waals surface area (Å²) in [6.45, 7) is 3.10. The van der Waals surface area contributed by atoms with Crippen molar-refractivity contribution in [1.82, 2.24) is 4.90 Å². The molecule has 0 atom stereocenters. The molecule has 5 nitrogen and oxygen atoms in total. The lowest BCUT2D eigenvalue weighted by atomic mass is 10.2. The van der Waals surface area contributed by atoms with Crippen LogP contribution >= 0.6 is 23.2 Å². The summed E-state index contributed by atoms with van der Waals surface area (Å²) in [5, 5.41) is 12.8. The van der Waals surface area contributed by atoms with E-state index >= 15 is 0 Å². The van der Waals surface area contributed by atoms with Crippen LogP contribution in [0.4, 0.5) is 11.4 Å². The fourth-order valence-electron chi connectivity index (χ4n) is 2.85. The molecule has 0 spiro atoms. The van der Waals surface area contributed by atoms with Gasteiger partial charge in [-0.25, -0.2) is 0 Å². The van der Waals surface area contributed by atoms with Crippen molar-refractivity contribution in [2.24, 2.45) is 0 Å². The first-order valence-electron chi connectivity index (χ1n) is 8.49. The molecule has 1 amide bonds. The number of piperazine rings is 1. The van der Waals surface area contributed by atoms with E-state index in [1.165, 1.54) is 5.69 Å². The number of hydrogen-bond acceptors (Lipinski definition) is 4. The molecule has 7 heteroatoms. The summed E-state index contributed by atoms with van der Waals surface area (Å²) in [5.41, 5.74) is 1.58. The monoisotopic (exact) mass is 400 g/mol. The Hall–Kier alpha value is -2.68. The number of halogens is 2. The van der Waals surface area contributed by atoms with Crippen LogP contribution in [0.5, 0.6) is 0 Å². The zero-order valence-corrected chi connectivity index (χ0v) is 16.0. The van der Waals surface area contributed by atoms with Gasteiger partial charge in [-0.1, -0.05) is 41.4 Å². The van der Waals surface area contributed by atoms with Gasteiger partial charge in [0.25, 0.3) is 5.91 Å². The summed E-state index contributed by atoms with van der Waals surface area (Å²) in [6.07, 6.45) is 1.61.